The highest BCUT2D eigenvalue weighted by molar-refractivity contribution is 7.07. The Hall–Kier alpha value is -2.94. The second-order valence-electron chi connectivity index (χ2n) is 8.81. The van der Waals surface area contributed by atoms with Crippen LogP contribution >= 0.6 is 34.5 Å². The van der Waals surface area contributed by atoms with E-state index < -0.39 is 5.91 Å². The molecule has 2 aromatic carbocycles. The summed E-state index contributed by atoms with van der Waals surface area (Å²) in [6.45, 7) is 5.60. The summed E-state index contributed by atoms with van der Waals surface area (Å²) in [6, 6.07) is 12.1. The fourth-order valence-corrected chi connectivity index (χ4v) is 5.39. The van der Waals surface area contributed by atoms with Crippen molar-refractivity contribution in [1.82, 2.24) is 9.47 Å². The number of halogens is 2. The van der Waals surface area contributed by atoms with E-state index in [0.717, 1.165) is 11.3 Å². The van der Waals surface area contributed by atoms with Gasteiger partial charge in [0.05, 0.1) is 29.1 Å². The quantitative estimate of drug-likeness (QED) is 0.380. The van der Waals surface area contributed by atoms with Gasteiger partial charge < -0.3 is 14.2 Å². The normalized spacial score (nSPS) is 14.6. The van der Waals surface area contributed by atoms with Gasteiger partial charge >= 0.3 is 5.97 Å². The lowest BCUT2D eigenvalue weighted by Crippen LogP contribution is -2.40. The first-order valence-electron chi connectivity index (χ1n) is 12.0. The minimum atomic E-state index is -0.413. The Balaban J connectivity index is 1.49. The Labute approximate surface area is 229 Å². The van der Waals surface area contributed by atoms with Gasteiger partial charge in [-0.25, -0.2) is 0 Å². The molecule has 7 nitrogen and oxygen atoms in total. The maximum Gasteiger partial charge on any atom is 0.309 e. The van der Waals surface area contributed by atoms with Crippen LogP contribution in [0.5, 0.6) is 0 Å². The lowest BCUT2D eigenvalue weighted by atomic mass is 9.96. The summed E-state index contributed by atoms with van der Waals surface area (Å²) >= 11 is 13.4. The van der Waals surface area contributed by atoms with Gasteiger partial charge in [0.1, 0.15) is 0 Å². The molecule has 1 aliphatic heterocycles. The monoisotopic (exact) mass is 559 g/mol. The van der Waals surface area contributed by atoms with E-state index >= 15 is 0 Å². The van der Waals surface area contributed by atoms with E-state index in [2.05, 4.69) is 4.99 Å². The van der Waals surface area contributed by atoms with Crippen LogP contribution in [0.15, 0.2) is 52.8 Å². The van der Waals surface area contributed by atoms with Crippen LogP contribution in [0.2, 0.25) is 10.0 Å². The number of amides is 2. The van der Waals surface area contributed by atoms with Gasteiger partial charge in [0, 0.05) is 35.3 Å². The molecule has 3 aromatic rings. The van der Waals surface area contributed by atoms with Crippen molar-refractivity contribution in [1.29, 1.82) is 0 Å². The predicted octanol–water partition coefficient (Wildman–Crippen LogP) is 5.37. The highest BCUT2D eigenvalue weighted by Crippen LogP contribution is 2.23. The van der Waals surface area contributed by atoms with Gasteiger partial charge in [-0.15, -0.1) is 11.3 Å². The number of carbonyl (C=O) groups is 3. The highest BCUT2D eigenvalue weighted by Gasteiger charge is 2.28. The summed E-state index contributed by atoms with van der Waals surface area (Å²) in [6.07, 6.45) is 1.21. The molecule has 0 spiro atoms. The van der Waals surface area contributed by atoms with E-state index in [1.54, 1.807) is 30.0 Å². The molecule has 0 aliphatic carbocycles. The number of hydrogen-bond donors (Lipinski definition) is 0. The van der Waals surface area contributed by atoms with Crippen LogP contribution < -0.4 is 4.80 Å². The third kappa shape index (κ3) is 6.50. The van der Waals surface area contributed by atoms with Crippen LogP contribution in [-0.4, -0.2) is 46.9 Å². The van der Waals surface area contributed by atoms with E-state index in [1.807, 2.05) is 35.1 Å². The van der Waals surface area contributed by atoms with Crippen LogP contribution in [0.4, 0.5) is 0 Å². The van der Waals surface area contributed by atoms with Crippen molar-refractivity contribution in [3.63, 3.8) is 0 Å². The van der Waals surface area contributed by atoms with Gasteiger partial charge in [0.25, 0.3) is 11.8 Å². The van der Waals surface area contributed by atoms with Gasteiger partial charge in [-0.05, 0) is 62.6 Å². The number of piperidine rings is 1. The summed E-state index contributed by atoms with van der Waals surface area (Å²) in [7, 11) is 0. The van der Waals surface area contributed by atoms with Gasteiger partial charge in [-0.1, -0.05) is 35.3 Å². The number of rotatable bonds is 6. The van der Waals surface area contributed by atoms with Crippen molar-refractivity contribution < 1.29 is 19.1 Å². The Bertz CT molecular complexity index is 1390. The number of aryl methyl sites for hydroxylation is 1. The molecular formula is C27H27Cl2N3O4S. The molecule has 194 valence electrons. The van der Waals surface area contributed by atoms with Crippen molar-refractivity contribution in [3.05, 3.63) is 85.1 Å². The lowest BCUT2D eigenvalue weighted by molar-refractivity contribution is -0.149. The van der Waals surface area contributed by atoms with Gasteiger partial charge in [-0.3, -0.25) is 14.4 Å². The Morgan fingerprint density at radius 2 is 1.81 bits per heavy atom. The van der Waals surface area contributed by atoms with Crippen molar-refractivity contribution in [2.45, 2.75) is 33.2 Å². The Morgan fingerprint density at radius 1 is 1.05 bits per heavy atom. The first kappa shape index (κ1) is 27.1. The van der Waals surface area contributed by atoms with Crippen LogP contribution in [0.25, 0.3) is 0 Å². The number of carbonyl (C=O) groups excluding carboxylic acids is 3. The zero-order chi connectivity index (χ0) is 26.5. The summed E-state index contributed by atoms with van der Waals surface area (Å²) < 4.78 is 7.06. The van der Waals surface area contributed by atoms with Crippen molar-refractivity contribution in [2.24, 2.45) is 10.9 Å². The highest BCUT2D eigenvalue weighted by atomic mass is 35.5. The second kappa shape index (κ2) is 12.1. The van der Waals surface area contributed by atoms with Crippen molar-refractivity contribution in [3.8, 4) is 0 Å². The molecule has 1 aliphatic rings. The smallest absolute Gasteiger partial charge is 0.309 e. The first-order chi connectivity index (χ1) is 17.8. The summed E-state index contributed by atoms with van der Waals surface area (Å²) in [5.41, 5.74) is 2.80. The lowest BCUT2D eigenvalue weighted by Gasteiger charge is -2.31. The number of nitrogens with zero attached hydrogens (tertiary/aromatic N) is 3. The molecular weight excluding hydrogens is 533 g/mol. The predicted molar refractivity (Wildman–Crippen MR) is 144 cm³/mol. The third-order valence-electron chi connectivity index (χ3n) is 6.27. The number of esters is 1. The molecule has 0 bridgehead atoms. The van der Waals surface area contributed by atoms with E-state index in [4.69, 9.17) is 27.9 Å². The Kier molecular flexibility index (Phi) is 8.84. The van der Waals surface area contributed by atoms with Gasteiger partial charge in [0.2, 0.25) is 0 Å². The third-order valence-corrected chi connectivity index (χ3v) is 7.99. The molecule has 1 fully saturated rings. The fraction of sp³-hybridized carbons (Fsp3) is 0.333. The van der Waals surface area contributed by atoms with Crippen molar-refractivity contribution >= 4 is 52.3 Å². The van der Waals surface area contributed by atoms with E-state index in [1.165, 1.54) is 17.4 Å². The number of thiazole rings is 1. The maximum atomic E-state index is 13.2. The molecule has 37 heavy (non-hydrogen) atoms. The molecule has 4 rings (SSSR count). The maximum absolute atomic E-state index is 13.2. The molecule has 0 atom stereocenters. The first-order valence-corrected chi connectivity index (χ1v) is 13.6. The summed E-state index contributed by atoms with van der Waals surface area (Å²) in [5.74, 6) is -0.805. The Morgan fingerprint density at radius 3 is 2.51 bits per heavy atom. The molecule has 0 radical (unpaired) electrons. The summed E-state index contributed by atoms with van der Waals surface area (Å²) in [4.78, 5) is 44.6. The molecule has 2 heterocycles. The molecule has 1 aromatic heterocycles. The number of ether oxygens (including phenoxy) is 1. The van der Waals surface area contributed by atoms with Crippen molar-refractivity contribution in [2.75, 3.05) is 19.7 Å². The SMILES string of the molecule is CCOC(=O)C1CCN(C(=O)c2cccc(Cn3c(C)csc3=NC(=O)c3ccc(Cl)c(Cl)c3)c2)CC1. The van der Waals surface area contributed by atoms with Crippen LogP contribution in [0.3, 0.4) is 0 Å². The number of likely N-dealkylation sites (tertiary alicyclic amines) is 1. The largest absolute Gasteiger partial charge is 0.466 e. The topological polar surface area (TPSA) is 81.0 Å². The standard InChI is InChI=1S/C27H27Cl2N3O4S/c1-3-36-26(35)19-9-11-31(12-10-19)25(34)21-6-4-5-18(13-21)15-32-17(2)16-37-27(32)30-24(33)20-7-8-22(28)23(29)14-20/h4-8,13-14,16,19H,3,9-12,15H2,1-2H3. The van der Waals surface area contributed by atoms with E-state index in [-0.39, 0.29) is 17.8 Å². The molecule has 0 saturated carbocycles. The average Bonchev–Trinajstić information content (AvgIpc) is 3.24. The van der Waals surface area contributed by atoms with E-state index in [9.17, 15) is 14.4 Å². The molecule has 10 heteroatoms. The minimum Gasteiger partial charge on any atom is -0.466 e. The number of aromatic nitrogens is 1. The minimum absolute atomic E-state index is 0.0593. The van der Waals surface area contributed by atoms with Gasteiger partial charge in [-0.2, -0.15) is 4.99 Å². The zero-order valence-electron chi connectivity index (χ0n) is 20.6. The van der Waals surface area contributed by atoms with Crippen LogP contribution in [0.1, 0.15) is 51.7 Å². The fourth-order valence-electron chi connectivity index (χ4n) is 4.22. The zero-order valence-corrected chi connectivity index (χ0v) is 22.9. The van der Waals surface area contributed by atoms with Gasteiger partial charge in [0.15, 0.2) is 4.80 Å². The number of benzene rings is 2. The molecule has 1 saturated heterocycles. The molecule has 0 N–H and O–H groups in total. The molecule has 2 amide bonds. The molecule has 0 unspecified atom stereocenters. The number of hydrogen-bond acceptors (Lipinski definition) is 5. The van der Waals surface area contributed by atoms with E-state index in [0.29, 0.717) is 65.1 Å². The van der Waals surface area contributed by atoms with Crippen LogP contribution in [-0.2, 0) is 16.1 Å². The summed E-state index contributed by atoms with van der Waals surface area (Å²) in [5, 5.41) is 2.60. The average molecular weight is 561 g/mol. The second-order valence-corrected chi connectivity index (χ2v) is 10.5. The van der Waals surface area contributed by atoms with Crippen LogP contribution in [0, 0.1) is 12.8 Å².